The van der Waals surface area contributed by atoms with Crippen LogP contribution in [0.15, 0.2) is 102 Å². The van der Waals surface area contributed by atoms with Gasteiger partial charge < -0.3 is 10.2 Å². The molecule has 4 rings (SSSR count). The van der Waals surface area contributed by atoms with E-state index in [1.165, 1.54) is 4.90 Å². The fourth-order valence-corrected chi connectivity index (χ4v) is 6.68. The van der Waals surface area contributed by atoms with Gasteiger partial charge in [0.05, 0.1) is 10.6 Å². The van der Waals surface area contributed by atoms with Crippen molar-refractivity contribution in [3.8, 4) is 0 Å². The van der Waals surface area contributed by atoms with Crippen LogP contribution >= 0.6 is 23.2 Å². The van der Waals surface area contributed by atoms with Crippen LogP contribution in [0.1, 0.15) is 37.0 Å². The fraction of sp³-hybridized carbons (Fsp3) is 0.257. The molecule has 0 radical (unpaired) electrons. The van der Waals surface area contributed by atoms with Gasteiger partial charge in [-0.05, 0) is 79.9 Å². The number of hydrogen-bond donors (Lipinski definition) is 1. The summed E-state index contributed by atoms with van der Waals surface area (Å²) in [5.41, 5.74) is 2.45. The van der Waals surface area contributed by atoms with Gasteiger partial charge in [-0.1, -0.05) is 84.2 Å². The first-order valence-electron chi connectivity index (χ1n) is 14.8. The molecular weight excluding hydrogens is 648 g/mol. The Bertz CT molecular complexity index is 1760. The molecule has 0 fully saturated rings. The summed E-state index contributed by atoms with van der Waals surface area (Å²) >= 11 is 12.7. The number of carbonyl (C=O) groups is 2. The molecule has 1 N–H and O–H groups in total. The molecule has 0 aliphatic carbocycles. The van der Waals surface area contributed by atoms with Crippen molar-refractivity contribution in [2.75, 3.05) is 10.8 Å². The van der Waals surface area contributed by atoms with Crippen LogP contribution in [0.2, 0.25) is 10.0 Å². The van der Waals surface area contributed by atoms with Crippen molar-refractivity contribution in [2.24, 2.45) is 0 Å². The van der Waals surface area contributed by atoms with Gasteiger partial charge in [0.1, 0.15) is 18.4 Å². The van der Waals surface area contributed by atoms with Gasteiger partial charge in [-0.15, -0.1) is 0 Å². The smallest absolute Gasteiger partial charge is 0.264 e. The van der Waals surface area contributed by atoms with Crippen molar-refractivity contribution >= 4 is 50.7 Å². The van der Waals surface area contributed by atoms with E-state index in [-0.39, 0.29) is 35.5 Å². The monoisotopic (exact) mass is 683 g/mol. The van der Waals surface area contributed by atoms with Crippen molar-refractivity contribution in [1.82, 2.24) is 10.2 Å². The third-order valence-electron chi connectivity index (χ3n) is 7.63. The second-order valence-electron chi connectivity index (χ2n) is 11.1. The van der Waals surface area contributed by atoms with E-state index in [1.54, 1.807) is 42.5 Å². The standard InChI is InChI=1S/C35H36Cl2FN3O4S/c1-4-25(3)39-35(43)33(20-26-8-6-5-7-9-26)40(22-27-12-13-28(36)21-32(27)37)34(42)23-41(30-16-10-24(2)11-17-30)46(44,45)31-18-14-29(38)15-19-31/h5-19,21,25,33H,4,20,22-23H2,1-3H3,(H,39,43)/t25-,33-/m0/s1. The second-order valence-corrected chi connectivity index (χ2v) is 13.8. The summed E-state index contributed by atoms with van der Waals surface area (Å²) in [6.45, 7) is 4.92. The van der Waals surface area contributed by atoms with Crippen LogP contribution in [0.3, 0.4) is 0 Å². The summed E-state index contributed by atoms with van der Waals surface area (Å²) in [6.07, 6.45) is 0.827. The fourth-order valence-electron chi connectivity index (χ4n) is 4.80. The Kier molecular flexibility index (Phi) is 11.8. The minimum atomic E-state index is -4.35. The lowest BCUT2D eigenvalue weighted by Crippen LogP contribution is -2.54. The summed E-state index contributed by atoms with van der Waals surface area (Å²) in [4.78, 5) is 29.6. The van der Waals surface area contributed by atoms with Crippen LogP contribution in [0, 0.1) is 12.7 Å². The zero-order valence-electron chi connectivity index (χ0n) is 25.8. The molecule has 4 aromatic carbocycles. The molecule has 46 heavy (non-hydrogen) atoms. The van der Waals surface area contributed by atoms with E-state index in [2.05, 4.69) is 5.32 Å². The number of aryl methyl sites for hydroxylation is 1. The SMILES string of the molecule is CC[C@H](C)NC(=O)[C@H](Cc1ccccc1)N(Cc1ccc(Cl)cc1Cl)C(=O)CN(c1ccc(C)cc1)S(=O)(=O)c1ccc(F)cc1. The van der Waals surface area contributed by atoms with E-state index >= 15 is 0 Å². The van der Waals surface area contributed by atoms with E-state index in [4.69, 9.17) is 23.2 Å². The van der Waals surface area contributed by atoms with E-state index in [0.29, 0.717) is 22.0 Å². The first kappa shape index (κ1) is 34.9. The van der Waals surface area contributed by atoms with Crippen molar-refractivity contribution in [3.63, 3.8) is 0 Å². The number of benzene rings is 4. The highest BCUT2D eigenvalue weighted by molar-refractivity contribution is 7.92. The third-order valence-corrected chi connectivity index (χ3v) is 10.0. The maximum atomic E-state index is 14.5. The van der Waals surface area contributed by atoms with Crippen LogP contribution in [-0.4, -0.2) is 43.8 Å². The van der Waals surface area contributed by atoms with Gasteiger partial charge in [0.25, 0.3) is 10.0 Å². The quantitative estimate of drug-likeness (QED) is 0.162. The maximum absolute atomic E-state index is 14.5. The van der Waals surface area contributed by atoms with Gasteiger partial charge >= 0.3 is 0 Å². The largest absolute Gasteiger partial charge is 0.352 e. The molecule has 0 aliphatic heterocycles. The Morgan fingerprint density at radius 3 is 2.17 bits per heavy atom. The van der Waals surface area contributed by atoms with E-state index in [0.717, 1.165) is 39.7 Å². The van der Waals surface area contributed by atoms with Gasteiger partial charge in [-0.25, -0.2) is 12.8 Å². The lowest BCUT2D eigenvalue weighted by molar-refractivity contribution is -0.140. The highest BCUT2D eigenvalue weighted by atomic mass is 35.5. The molecule has 2 atom stereocenters. The molecule has 2 amide bonds. The van der Waals surface area contributed by atoms with Gasteiger partial charge in [0.2, 0.25) is 11.8 Å². The number of rotatable bonds is 13. The lowest BCUT2D eigenvalue weighted by atomic mass is 10.0. The average molecular weight is 685 g/mol. The molecule has 11 heteroatoms. The highest BCUT2D eigenvalue weighted by Gasteiger charge is 2.35. The number of halogens is 3. The summed E-state index contributed by atoms with van der Waals surface area (Å²) < 4.78 is 42.8. The number of nitrogens with zero attached hydrogens (tertiary/aromatic N) is 2. The molecule has 0 aromatic heterocycles. The molecule has 4 aromatic rings. The maximum Gasteiger partial charge on any atom is 0.264 e. The summed E-state index contributed by atoms with van der Waals surface area (Å²) in [7, 11) is -4.35. The summed E-state index contributed by atoms with van der Waals surface area (Å²) in [5.74, 6) is -1.63. The first-order chi connectivity index (χ1) is 21.9. The van der Waals surface area contributed by atoms with Crippen LogP contribution < -0.4 is 9.62 Å². The normalized spacial score (nSPS) is 12.7. The summed E-state index contributed by atoms with van der Waals surface area (Å²) in [6, 6.07) is 24.0. The Morgan fingerprint density at radius 1 is 0.913 bits per heavy atom. The van der Waals surface area contributed by atoms with Gasteiger partial charge in [-0.2, -0.15) is 0 Å². The van der Waals surface area contributed by atoms with Crippen LogP contribution in [-0.2, 0) is 32.6 Å². The molecular formula is C35H36Cl2FN3O4S. The molecule has 0 unspecified atom stereocenters. The van der Waals surface area contributed by atoms with Gasteiger partial charge in [0.15, 0.2) is 0 Å². The number of anilines is 1. The van der Waals surface area contributed by atoms with Gasteiger partial charge in [0, 0.05) is 29.1 Å². The first-order valence-corrected chi connectivity index (χ1v) is 17.0. The number of sulfonamides is 1. The number of carbonyl (C=O) groups excluding carboxylic acids is 2. The molecule has 0 spiro atoms. The molecule has 242 valence electrons. The average Bonchev–Trinajstić information content (AvgIpc) is 3.03. The van der Waals surface area contributed by atoms with Gasteiger partial charge in [-0.3, -0.25) is 13.9 Å². The highest BCUT2D eigenvalue weighted by Crippen LogP contribution is 2.27. The van der Waals surface area contributed by atoms with Crippen molar-refractivity contribution in [2.45, 2.75) is 57.1 Å². The number of amides is 2. The van der Waals surface area contributed by atoms with E-state index < -0.39 is 34.3 Å². The van der Waals surface area contributed by atoms with Crippen LogP contribution in [0.25, 0.3) is 0 Å². The van der Waals surface area contributed by atoms with Crippen molar-refractivity contribution in [1.29, 1.82) is 0 Å². The number of hydrogen-bond acceptors (Lipinski definition) is 4. The summed E-state index contributed by atoms with van der Waals surface area (Å²) in [5, 5.41) is 3.69. The van der Waals surface area contributed by atoms with E-state index in [9.17, 15) is 22.4 Å². The molecule has 0 heterocycles. The molecule has 0 saturated heterocycles. The molecule has 0 bridgehead atoms. The zero-order chi connectivity index (χ0) is 33.4. The van der Waals surface area contributed by atoms with Crippen molar-refractivity contribution in [3.05, 3.63) is 130 Å². The zero-order valence-corrected chi connectivity index (χ0v) is 28.1. The minimum absolute atomic E-state index is 0.0986. The topological polar surface area (TPSA) is 86.8 Å². The predicted molar refractivity (Wildman–Crippen MR) is 181 cm³/mol. The molecule has 0 saturated carbocycles. The molecule has 7 nitrogen and oxygen atoms in total. The minimum Gasteiger partial charge on any atom is -0.352 e. The second kappa shape index (κ2) is 15.6. The molecule has 0 aliphatic rings. The Balaban J connectivity index is 1.82. The van der Waals surface area contributed by atoms with E-state index in [1.807, 2.05) is 51.1 Å². The Morgan fingerprint density at radius 2 is 1.57 bits per heavy atom. The Labute approximate surface area is 280 Å². The Hall–Kier alpha value is -3.92. The lowest BCUT2D eigenvalue weighted by Gasteiger charge is -2.34. The van der Waals surface area contributed by atoms with Crippen LogP contribution in [0.4, 0.5) is 10.1 Å². The van der Waals surface area contributed by atoms with Crippen LogP contribution in [0.5, 0.6) is 0 Å². The van der Waals surface area contributed by atoms with Crippen molar-refractivity contribution < 1.29 is 22.4 Å². The predicted octanol–water partition coefficient (Wildman–Crippen LogP) is 7.19. The number of nitrogens with one attached hydrogen (secondary N) is 1. The third kappa shape index (κ3) is 8.87.